The third-order valence-electron chi connectivity index (χ3n) is 4.48. The van der Waals surface area contributed by atoms with Gasteiger partial charge in [-0.2, -0.15) is 11.8 Å². The minimum Gasteiger partial charge on any atom is -0.388 e. The summed E-state index contributed by atoms with van der Waals surface area (Å²) >= 11 is 1.91. The second kappa shape index (κ2) is 6.23. The maximum atomic E-state index is 13.2. The molecule has 0 bridgehead atoms. The van der Waals surface area contributed by atoms with Gasteiger partial charge in [-0.05, 0) is 54.4 Å². The predicted molar refractivity (Wildman–Crippen MR) is 81.5 cm³/mol. The summed E-state index contributed by atoms with van der Waals surface area (Å²) in [7, 11) is 0. The van der Waals surface area contributed by atoms with Gasteiger partial charge in [-0.25, -0.2) is 8.78 Å². The molecule has 0 aliphatic carbocycles. The Morgan fingerprint density at radius 1 is 1.19 bits per heavy atom. The van der Waals surface area contributed by atoms with Gasteiger partial charge in [0.1, 0.15) is 0 Å². The molecular weight excluding hydrogens is 292 g/mol. The fourth-order valence-electron chi connectivity index (χ4n) is 3.26. The van der Waals surface area contributed by atoms with Crippen molar-refractivity contribution in [1.82, 2.24) is 4.90 Å². The molecule has 2 aliphatic heterocycles. The number of nitrogens with zero attached hydrogens (tertiary/aromatic N) is 1. The van der Waals surface area contributed by atoms with E-state index in [1.54, 1.807) is 6.07 Å². The van der Waals surface area contributed by atoms with Crippen LogP contribution >= 0.6 is 11.8 Å². The number of hydrogen-bond acceptors (Lipinski definition) is 3. The highest BCUT2D eigenvalue weighted by atomic mass is 32.2. The number of β-amino-alcohol motifs (C(OH)–C–C–N with tert-alkyl or cyclic N) is 1. The molecule has 2 nitrogen and oxygen atoms in total. The van der Waals surface area contributed by atoms with Crippen LogP contribution in [0.15, 0.2) is 18.2 Å². The van der Waals surface area contributed by atoms with Crippen molar-refractivity contribution in [3.8, 4) is 0 Å². The Hall–Kier alpha value is -0.650. The van der Waals surface area contributed by atoms with Gasteiger partial charge in [0.05, 0.1) is 5.60 Å². The van der Waals surface area contributed by atoms with Gasteiger partial charge in [-0.15, -0.1) is 0 Å². The summed E-state index contributed by atoms with van der Waals surface area (Å²) in [5.74, 6) is 1.02. The number of likely N-dealkylation sites (tertiary alicyclic amines) is 1. The summed E-state index contributed by atoms with van der Waals surface area (Å²) in [6.45, 7) is 2.63. The molecule has 0 spiro atoms. The van der Waals surface area contributed by atoms with E-state index in [0.29, 0.717) is 5.92 Å². The van der Waals surface area contributed by atoms with Crippen LogP contribution in [-0.2, 0) is 6.42 Å². The number of thioether (sulfide) groups is 1. The maximum Gasteiger partial charge on any atom is 0.159 e. The first-order chi connectivity index (χ1) is 10.0. The smallest absolute Gasteiger partial charge is 0.159 e. The fourth-order valence-corrected chi connectivity index (χ4v) is 4.51. The van der Waals surface area contributed by atoms with E-state index in [2.05, 4.69) is 4.90 Å². The van der Waals surface area contributed by atoms with Gasteiger partial charge in [0.15, 0.2) is 11.6 Å². The van der Waals surface area contributed by atoms with Crippen molar-refractivity contribution in [2.75, 3.05) is 31.1 Å². The highest BCUT2D eigenvalue weighted by molar-refractivity contribution is 7.99. The summed E-state index contributed by atoms with van der Waals surface area (Å²) in [5.41, 5.74) is 0.337. The molecule has 1 aromatic rings. The first-order valence-electron chi connectivity index (χ1n) is 7.50. The monoisotopic (exact) mass is 313 g/mol. The third-order valence-corrected chi connectivity index (χ3v) is 5.47. The van der Waals surface area contributed by atoms with Gasteiger partial charge in [0.2, 0.25) is 0 Å². The summed E-state index contributed by atoms with van der Waals surface area (Å²) in [4.78, 5) is 2.28. The van der Waals surface area contributed by atoms with Gasteiger partial charge in [0, 0.05) is 19.6 Å². The van der Waals surface area contributed by atoms with Gasteiger partial charge >= 0.3 is 0 Å². The predicted octanol–water partition coefficient (Wildman–Crippen LogP) is 2.70. The molecule has 0 radical (unpaired) electrons. The van der Waals surface area contributed by atoms with Gasteiger partial charge in [-0.3, -0.25) is 4.90 Å². The number of aliphatic hydroxyl groups is 1. The van der Waals surface area contributed by atoms with Crippen molar-refractivity contribution in [3.63, 3.8) is 0 Å². The SMILES string of the molecule is OC1(CN2CC(Cc3ccc(F)c(F)c3)C2)CCSCC1. The van der Waals surface area contributed by atoms with Crippen molar-refractivity contribution in [2.45, 2.75) is 24.9 Å². The molecule has 21 heavy (non-hydrogen) atoms. The fraction of sp³-hybridized carbons (Fsp3) is 0.625. The Morgan fingerprint density at radius 2 is 1.90 bits per heavy atom. The lowest BCUT2D eigenvalue weighted by Crippen LogP contribution is -2.55. The van der Waals surface area contributed by atoms with Gasteiger partial charge in [-0.1, -0.05) is 6.07 Å². The molecule has 0 amide bonds. The van der Waals surface area contributed by atoms with Crippen molar-refractivity contribution >= 4 is 11.8 Å². The molecule has 2 heterocycles. The van der Waals surface area contributed by atoms with Crippen LogP contribution in [0, 0.1) is 17.6 Å². The lowest BCUT2D eigenvalue weighted by Gasteiger charge is -2.45. The lowest BCUT2D eigenvalue weighted by atomic mass is 9.88. The van der Waals surface area contributed by atoms with E-state index < -0.39 is 17.2 Å². The van der Waals surface area contributed by atoms with E-state index in [1.807, 2.05) is 11.8 Å². The molecule has 2 aliphatic rings. The Labute approximate surface area is 128 Å². The van der Waals surface area contributed by atoms with Crippen LogP contribution in [0.5, 0.6) is 0 Å². The normalized spacial score (nSPS) is 23.0. The van der Waals surface area contributed by atoms with Crippen LogP contribution in [0.25, 0.3) is 0 Å². The van der Waals surface area contributed by atoms with Gasteiger partial charge < -0.3 is 5.11 Å². The highest BCUT2D eigenvalue weighted by Crippen LogP contribution is 2.30. The molecule has 3 rings (SSSR count). The molecule has 1 N–H and O–H groups in total. The van der Waals surface area contributed by atoms with Crippen LogP contribution < -0.4 is 0 Å². The minimum atomic E-state index is -0.786. The zero-order valence-corrected chi connectivity index (χ0v) is 12.8. The molecule has 0 aromatic heterocycles. The number of benzene rings is 1. The molecule has 5 heteroatoms. The average molecular weight is 313 g/mol. The van der Waals surface area contributed by atoms with Crippen molar-refractivity contribution < 1.29 is 13.9 Å². The Morgan fingerprint density at radius 3 is 2.57 bits per heavy atom. The molecule has 0 unspecified atom stereocenters. The van der Waals surface area contributed by atoms with Crippen LogP contribution in [0.1, 0.15) is 18.4 Å². The summed E-state index contributed by atoms with van der Waals surface area (Å²) in [6.07, 6.45) is 2.53. The topological polar surface area (TPSA) is 23.5 Å². The van der Waals surface area contributed by atoms with E-state index in [9.17, 15) is 13.9 Å². The molecule has 116 valence electrons. The molecule has 2 saturated heterocycles. The summed E-state index contributed by atoms with van der Waals surface area (Å²) in [6, 6.07) is 4.15. The minimum absolute atomic E-state index is 0.483. The maximum absolute atomic E-state index is 13.2. The van der Waals surface area contributed by atoms with E-state index in [1.165, 1.54) is 12.1 Å². The summed E-state index contributed by atoms with van der Waals surface area (Å²) in [5, 5.41) is 10.5. The van der Waals surface area contributed by atoms with Crippen LogP contribution in [0.3, 0.4) is 0 Å². The zero-order valence-electron chi connectivity index (χ0n) is 12.0. The molecule has 0 saturated carbocycles. The average Bonchev–Trinajstić information content (AvgIpc) is 2.41. The summed E-state index contributed by atoms with van der Waals surface area (Å²) < 4.78 is 26.1. The van der Waals surface area contributed by atoms with Crippen molar-refractivity contribution in [2.24, 2.45) is 5.92 Å². The quantitative estimate of drug-likeness (QED) is 0.924. The van der Waals surface area contributed by atoms with E-state index in [4.69, 9.17) is 0 Å². The second-order valence-corrected chi connectivity index (χ2v) is 7.57. The molecule has 0 atom stereocenters. The highest BCUT2D eigenvalue weighted by Gasteiger charge is 2.36. The zero-order chi connectivity index (χ0) is 14.9. The molecule has 2 fully saturated rings. The van der Waals surface area contributed by atoms with E-state index in [-0.39, 0.29) is 0 Å². The van der Waals surface area contributed by atoms with Crippen LogP contribution in [0.2, 0.25) is 0 Å². The van der Waals surface area contributed by atoms with E-state index >= 15 is 0 Å². The Balaban J connectivity index is 1.46. The molecular formula is C16H21F2NOS. The van der Waals surface area contributed by atoms with Crippen LogP contribution in [-0.4, -0.2) is 46.7 Å². The largest absolute Gasteiger partial charge is 0.388 e. The number of hydrogen-bond donors (Lipinski definition) is 1. The lowest BCUT2D eigenvalue weighted by molar-refractivity contribution is -0.0360. The molecule has 1 aromatic carbocycles. The Bertz CT molecular complexity index is 499. The first-order valence-corrected chi connectivity index (χ1v) is 8.66. The number of rotatable bonds is 4. The van der Waals surface area contributed by atoms with Crippen molar-refractivity contribution in [1.29, 1.82) is 0 Å². The first kappa shape index (κ1) is 15.3. The third kappa shape index (κ3) is 3.76. The standard InChI is InChI=1S/C16H21F2NOS/c17-14-2-1-12(8-15(14)18)7-13-9-19(10-13)11-16(20)3-5-21-6-4-16/h1-2,8,13,20H,3-7,9-11H2. The number of halogens is 2. The Kier molecular flexibility index (Phi) is 4.52. The van der Waals surface area contributed by atoms with E-state index in [0.717, 1.165) is 56.0 Å². The van der Waals surface area contributed by atoms with Crippen molar-refractivity contribution in [3.05, 3.63) is 35.4 Å². The van der Waals surface area contributed by atoms with Gasteiger partial charge in [0.25, 0.3) is 0 Å². The second-order valence-electron chi connectivity index (χ2n) is 6.35. The van der Waals surface area contributed by atoms with Crippen LogP contribution in [0.4, 0.5) is 8.78 Å².